The molecule has 14 heteroatoms. The quantitative estimate of drug-likeness (QED) is 0.154. The molecule has 50 heavy (non-hydrogen) atoms. The molecule has 0 unspecified atom stereocenters. The zero-order chi connectivity index (χ0) is 34.4. The van der Waals surface area contributed by atoms with Gasteiger partial charge in [-0.2, -0.15) is 14.6 Å². The summed E-state index contributed by atoms with van der Waals surface area (Å²) >= 11 is 6.01. The van der Waals surface area contributed by atoms with E-state index in [1.54, 1.807) is 24.6 Å². The van der Waals surface area contributed by atoms with Crippen LogP contribution in [0.25, 0.3) is 50.3 Å². The minimum absolute atomic E-state index is 0.0660. The highest BCUT2D eigenvalue weighted by Gasteiger charge is 2.24. The van der Waals surface area contributed by atoms with Gasteiger partial charge < -0.3 is 25.1 Å². The molecule has 3 aromatic carbocycles. The summed E-state index contributed by atoms with van der Waals surface area (Å²) in [6, 6.07) is 23.5. The standard InChI is InChI=1S/C18H16ClN3O2.C18H15N7O/c1-22-7-6-12-13(10-2-4-11(19)5-3-10)8-14-16(15(12)9-22)20-18(23)17(14)21-24;19-18-22-16-13(11-20-24(16)9-8-12-5-2-1-3-6-12)17-21-15(23-25(17)18)14-7-4-10-26-14/h2-5,8,20,23H,6-7,9H2,1H3;1-7,10-11H,8-9H2,(H2,19,22). The van der Waals surface area contributed by atoms with Crippen LogP contribution in [0.4, 0.5) is 11.6 Å². The van der Waals surface area contributed by atoms with Gasteiger partial charge in [0, 0.05) is 30.0 Å². The number of benzene rings is 3. The van der Waals surface area contributed by atoms with E-state index < -0.39 is 0 Å². The van der Waals surface area contributed by atoms with Crippen LogP contribution in [0.1, 0.15) is 16.7 Å². The number of aromatic nitrogens is 7. The molecule has 1 aliphatic heterocycles. The summed E-state index contributed by atoms with van der Waals surface area (Å²) in [5, 5.41) is 24.0. The third-order valence-electron chi connectivity index (χ3n) is 8.98. The molecule has 0 radical (unpaired) electrons. The highest BCUT2D eigenvalue weighted by molar-refractivity contribution is 6.30. The monoisotopic (exact) mass is 686 g/mol. The van der Waals surface area contributed by atoms with Crippen molar-refractivity contribution in [1.29, 1.82) is 0 Å². The predicted octanol–water partition coefficient (Wildman–Crippen LogP) is 7.14. The summed E-state index contributed by atoms with van der Waals surface area (Å²) < 4.78 is 8.74. The molecular formula is C36H31ClN10O3. The Balaban J connectivity index is 0.000000145. The van der Waals surface area contributed by atoms with E-state index in [2.05, 4.69) is 54.4 Å². The number of hydrogen-bond donors (Lipinski definition) is 3. The van der Waals surface area contributed by atoms with Crippen molar-refractivity contribution in [3.8, 4) is 28.6 Å². The minimum Gasteiger partial charge on any atom is -0.493 e. The molecule has 9 rings (SSSR count). The lowest BCUT2D eigenvalue weighted by Crippen LogP contribution is -2.27. The number of anilines is 1. The maximum absolute atomic E-state index is 11.2. The molecule has 250 valence electrons. The van der Waals surface area contributed by atoms with E-state index in [-0.39, 0.29) is 17.5 Å². The Bertz CT molecular complexity index is 2490. The number of halogens is 1. The number of aromatic hydroxyl groups is 1. The van der Waals surface area contributed by atoms with E-state index in [4.69, 9.17) is 21.8 Å². The lowest BCUT2D eigenvalue weighted by atomic mass is 9.89. The Morgan fingerprint density at radius 3 is 2.60 bits per heavy atom. The number of likely N-dealkylation sites (N-methyl/N-ethyl adjacent to an activating group) is 1. The maximum atomic E-state index is 11.2. The molecule has 0 saturated carbocycles. The zero-order valence-electron chi connectivity index (χ0n) is 26.9. The van der Waals surface area contributed by atoms with Crippen LogP contribution >= 0.6 is 11.6 Å². The summed E-state index contributed by atoms with van der Waals surface area (Å²) in [4.78, 5) is 25.4. The average molecular weight is 687 g/mol. The Hall–Kier alpha value is -6.05. The second-order valence-corrected chi connectivity index (χ2v) is 12.6. The van der Waals surface area contributed by atoms with Crippen molar-refractivity contribution < 1.29 is 9.52 Å². The lowest BCUT2D eigenvalue weighted by Gasteiger charge is -2.27. The van der Waals surface area contributed by atoms with Gasteiger partial charge in [-0.25, -0.2) is 9.67 Å². The normalized spacial score (nSPS) is 13.1. The van der Waals surface area contributed by atoms with Crippen LogP contribution in [0.2, 0.25) is 5.02 Å². The summed E-state index contributed by atoms with van der Waals surface area (Å²) in [6.45, 7) is 2.42. The fraction of sp³-hybridized carbons (Fsp3) is 0.167. The maximum Gasteiger partial charge on any atom is 0.225 e. The Morgan fingerprint density at radius 1 is 1.02 bits per heavy atom. The molecule has 0 bridgehead atoms. The second-order valence-electron chi connectivity index (χ2n) is 12.2. The number of nitrogens with zero attached hydrogens (tertiary/aromatic N) is 8. The molecule has 0 saturated heterocycles. The van der Waals surface area contributed by atoms with E-state index in [1.165, 1.54) is 15.6 Å². The Morgan fingerprint density at radius 2 is 1.84 bits per heavy atom. The van der Waals surface area contributed by atoms with Crippen LogP contribution in [0.15, 0.2) is 94.9 Å². The number of nitroso groups, excluding NO2 is 1. The number of fused-ring (bicyclic) bond motifs is 6. The van der Waals surface area contributed by atoms with Gasteiger partial charge in [-0.15, -0.1) is 10.0 Å². The highest BCUT2D eigenvalue weighted by Crippen LogP contribution is 2.43. The van der Waals surface area contributed by atoms with E-state index in [0.717, 1.165) is 53.5 Å². The molecule has 0 aliphatic carbocycles. The third kappa shape index (κ3) is 5.61. The summed E-state index contributed by atoms with van der Waals surface area (Å²) in [6.07, 6.45) is 5.10. The number of nitrogens with one attached hydrogen (secondary N) is 1. The van der Waals surface area contributed by atoms with Gasteiger partial charge in [0.25, 0.3) is 0 Å². The van der Waals surface area contributed by atoms with Crippen molar-refractivity contribution in [3.05, 3.63) is 112 Å². The number of hydrogen-bond acceptors (Lipinski definition) is 10. The van der Waals surface area contributed by atoms with Crippen LogP contribution in [0, 0.1) is 4.91 Å². The van der Waals surface area contributed by atoms with Gasteiger partial charge in [-0.3, -0.25) is 0 Å². The highest BCUT2D eigenvalue weighted by atomic mass is 35.5. The number of H-pyrrole nitrogens is 1. The largest absolute Gasteiger partial charge is 0.493 e. The van der Waals surface area contributed by atoms with Crippen molar-refractivity contribution in [2.75, 3.05) is 19.3 Å². The van der Waals surface area contributed by atoms with E-state index in [1.807, 2.05) is 53.2 Å². The SMILES string of the molecule is CN1CCc2c(-c3ccc(Cl)cc3)cc3c(N=O)c(O)[nH]c3c2C1.Nc1nc2c(cnn2CCc2ccccc2)c2nc(-c3ccco3)nn12. The molecule has 13 nitrogen and oxygen atoms in total. The second kappa shape index (κ2) is 12.8. The van der Waals surface area contributed by atoms with Gasteiger partial charge in [0.2, 0.25) is 17.7 Å². The first-order valence-corrected chi connectivity index (χ1v) is 16.4. The van der Waals surface area contributed by atoms with Crippen molar-refractivity contribution in [1.82, 2.24) is 39.2 Å². The molecule has 4 N–H and O–H groups in total. The van der Waals surface area contributed by atoms with E-state index in [0.29, 0.717) is 39.8 Å². The first kappa shape index (κ1) is 31.2. The topological polar surface area (TPSA) is 169 Å². The average Bonchev–Trinajstić information content (AvgIpc) is 3.94. The molecule has 0 atom stereocenters. The first-order chi connectivity index (χ1) is 24.4. The minimum atomic E-state index is -0.177. The van der Waals surface area contributed by atoms with E-state index >= 15 is 0 Å². The van der Waals surface area contributed by atoms with Gasteiger partial charge in [-0.1, -0.05) is 54.1 Å². The fourth-order valence-electron chi connectivity index (χ4n) is 6.52. The van der Waals surface area contributed by atoms with Crippen molar-refractivity contribution in [2.45, 2.75) is 25.9 Å². The van der Waals surface area contributed by atoms with Gasteiger partial charge >= 0.3 is 0 Å². The molecular weight excluding hydrogens is 656 g/mol. The van der Waals surface area contributed by atoms with Crippen LogP contribution in [-0.2, 0) is 25.9 Å². The van der Waals surface area contributed by atoms with Crippen LogP contribution in [-0.4, -0.2) is 57.9 Å². The summed E-state index contributed by atoms with van der Waals surface area (Å²) in [5.74, 6) is 1.13. The van der Waals surface area contributed by atoms with Gasteiger partial charge in [0.1, 0.15) is 0 Å². The smallest absolute Gasteiger partial charge is 0.225 e. The number of furan rings is 1. The Kier molecular flexibility index (Phi) is 7.97. The number of nitrogen functional groups attached to an aromatic ring is 1. The van der Waals surface area contributed by atoms with Crippen molar-refractivity contribution in [2.24, 2.45) is 5.18 Å². The van der Waals surface area contributed by atoms with Crippen LogP contribution < -0.4 is 5.73 Å². The number of aromatic amines is 1. The fourth-order valence-corrected chi connectivity index (χ4v) is 6.64. The van der Waals surface area contributed by atoms with Crippen LogP contribution in [0.5, 0.6) is 5.88 Å². The molecule has 0 fully saturated rings. The number of nitrogens with two attached hydrogens (primary N) is 1. The lowest BCUT2D eigenvalue weighted by molar-refractivity contribution is 0.314. The Labute approximate surface area is 289 Å². The zero-order valence-corrected chi connectivity index (χ0v) is 27.7. The van der Waals surface area contributed by atoms with Gasteiger partial charge in [-0.05, 0) is 83.2 Å². The molecule has 1 aliphatic rings. The predicted molar refractivity (Wildman–Crippen MR) is 192 cm³/mol. The first-order valence-electron chi connectivity index (χ1n) is 16.0. The molecule has 0 spiro atoms. The summed E-state index contributed by atoms with van der Waals surface area (Å²) in [5.41, 5.74) is 14.0. The van der Waals surface area contributed by atoms with Crippen molar-refractivity contribution in [3.63, 3.8) is 0 Å². The number of aryl methyl sites for hydroxylation is 2. The van der Waals surface area contributed by atoms with Gasteiger partial charge in [0.15, 0.2) is 22.7 Å². The molecule has 5 aromatic heterocycles. The van der Waals surface area contributed by atoms with E-state index in [9.17, 15) is 10.0 Å². The molecule has 6 heterocycles. The molecule has 8 aromatic rings. The third-order valence-corrected chi connectivity index (χ3v) is 9.24. The van der Waals surface area contributed by atoms with Gasteiger partial charge in [0.05, 0.1) is 23.4 Å². The number of rotatable bonds is 6. The summed E-state index contributed by atoms with van der Waals surface area (Å²) in [7, 11) is 2.06. The van der Waals surface area contributed by atoms with Crippen molar-refractivity contribution >= 4 is 50.8 Å². The van der Waals surface area contributed by atoms with Crippen LogP contribution in [0.3, 0.4) is 0 Å². The molecule has 0 amide bonds.